The van der Waals surface area contributed by atoms with Gasteiger partial charge in [0.25, 0.3) is 0 Å². The molecule has 0 unspecified atom stereocenters. The summed E-state index contributed by atoms with van der Waals surface area (Å²) in [5.41, 5.74) is 2.91. The first-order valence-electron chi connectivity index (χ1n) is 13.4. The van der Waals surface area contributed by atoms with Gasteiger partial charge in [0.2, 0.25) is 5.91 Å². The number of hydrogen-bond donors (Lipinski definition) is 1. The van der Waals surface area contributed by atoms with E-state index in [9.17, 15) is 14.4 Å². The molecule has 2 aromatic carbocycles. The number of carbonyl (C=O) groups excluding carboxylic acids is 2. The van der Waals surface area contributed by atoms with Crippen molar-refractivity contribution >= 4 is 34.6 Å². The summed E-state index contributed by atoms with van der Waals surface area (Å²) >= 11 is 0. The van der Waals surface area contributed by atoms with E-state index in [-0.39, 0.29) is 17.3 Å². The molecule has 212 valence electrons. The van der Waals surface area contributed by atoms with Crippen LogP contribution in [0.25, 0.3) is 10.9 Å². The quantitative estimate of drug-likeness (QED) is 0.372. The van der Waals surface area contributed by atoms with Crippen LogP contribution in [0, 0.1) is 6.92 Å². The summed E-state index contributed by atoms with van der Waals surface area (Å²) < 4.78 is 11.1. The smallest absolute Gasteiger partial charge is 0.412 e. The molecule has 1 aliphatic rings. The molecule has 2 aromatic heterocycles. The van der Waals surface area contributed by atoms with Crippen LogP contribution in [0.15, 0.2) is 70.0 Å². The number of amides is 2. The van der Waals surface area contributed by atoms with E-state index in [1.165, 1.54) is 0 Å². The number of aromatic nitrogens is 2. The van der Waals surface area contributed by atoms with Crippen LogP contribution in [0.4, 0.5) is 16.5 Å². The van der Waals surface area contributed by atoms with Crippen LogP contribution in [-0.4, -0.2) is 45.6 Å². The minimum Gasteiger partial charge on any atom is -0.444 e. The summed E-state index contributed by atoms with van der Waals surface area (Å²) in [5.74, 6) is -0.136. The molecule has 1 N–H and O–H groups in total. The number of aryl methyl sites for hydroxylation is 1. The lowest BCUT2D eigenvalue weighted by Crippen LogP contribution is -2.51. The Balaban J connectivity index is 1.49. The molecule has 0 aliphatic carbocycles. The molecule has 0 fully saturated rings. The van der Waals surface area contributed by atoms with Crippen LogP contribution in [0.2, 0.25) is 0 Å². The Morgan fingerprint density at radius 3 is 2.54 bits per heavy atom. The summed E-state index contributed by atoms with van der Waals surface area (Å²) in [4.78, 5) is 51.9. The van der Waals surface area contributed by atoms with E-state index in [0.29, 0.717) is 36.3 Å². The molecule has 1 aliphatic heterocycles. The van der Waals surface area contributed by atoms with Gasteiger partial charge in [-0.1, -0.05) is 30.3 Å². The Bertz CT molecular complexity index is 1660. The first-order valence-corrected chi connectivity index (χ1v) is 13.4. The van der Waals surface area contributed by atoms with Crippen LogP contribution in [-0.2, 0) is 29.0 Å². The van der Waals surface area contributed by atoms with Gasteiger partial charge in [-0.3, -0.25) is 15.1 Å². The van der Waals surface area contributed by atoms with E-state index in [1.807, 2.05) is 42.5 Å². The maximum absolute atomic E-state index is 13.8. The van der Waals surface area contributed by atoms with Crippen molar-refractivity contribution in [2.45, 2.75) is 58.8 Å². The van der Waals surface area contributed by atoms with Crippen molar-refractivity contribution in [3.63, 3.8) is 0 Å². The molecule has 1 atom stereocenters. The van der Waals surface area contributed by atoms with Crippen LogP contribution in [0.1, 0.15) is 43.2 Å². The second-order valence-corrected chi connectivity index (χ2v) is 11.2. The van der Waals surface area contributed by atoms with Crippen LogP contribution >= 0.6 is 0 Å². The van der Waals surface area contributed by atoms with Crippen LogP contribution in [0.3, 0.4) is 0 Å². The van der Waals surface area contributed by atoms with Gasteiger partial charge in [-0.05, 0) is 68.7 Å². The summed E-state index contributed by atoms with van der Waals surface area (Å²) in [6, 6.07) is 16.2. The summed E-state index contributed by atoms with van der Waals surface area (Å²) in [7, 11) is 1.74. The lowest BCUT2D eigenvalue weighted by molar-refractivity contribution is -0.132. The normalized spacial score (nSPS) is 14.9. The van der Waals surface area contributed by atoms with Gasteiger partial charge in [0.15, 0.2) is 0 Å². The number of nitrogens with one attached hydrogen (secondary N) is 1. The molecule has 2 amide bonds. The number of benzene rings is 2. The van der Waals surface area contributed by atoms with E-state index in [4.69, 9.17) is 9.15 Å². The second kappa shape index (κ2) is 11.0. The van der Waals surface area contributed by atoms with Gasteiger partial charge in [0, 0.05) is 31.9 Å². The molecular formula is C31H33N5O5. The van der Waals surface area contributed by atoms with Gasteiger partial charge in [-0.15, -0.1) is 0 Å². The van der Waals surface area contributed by atoms with Gasteiger partial charge < -0.3 is 19.0 Å². The van der Waals surface area contributed by atoms with E-state index in [1.54, 1.807) is 62.9 Å². The number of hydrogen-bond acceptors (Lipinski definition) is 8. The highest BCUT2D eigenvalue weighted by atomic mass is 16.6. The molecule has 0 saturated carbocycles. The summed E-state index contributed by atoms with van der Waals surface area (Å²) in [6.07, 6.45) is 1.50. The van der Waals surface area contributed by atoms with Gasteiger partial charge in [0.05, 0.1) is 23.1 Å². The number of fused-ring (bicyclic) bond motifs is 2. The number of carbonyl (C=O) groups is 2. The molecule has 0 spiro atoms. The third-order valence-electron chi connectivity index (χ3n) is 6.96. The predicted octanol–water partition coefficient (Wildman–Crippen LogP) is 4.83. The van der Waals surface area contributed by atoms with Gasteiger partial charge >= 0.3 is 17.7 Å². The Labute approximate surface area is 238 Å². The highest BCUT2D eigenvalue weighted by Gasteiger charge is 2.36. The third-order valence-corrected chi connectivity index (χ3v) is 6.96. The molecule has 10 heteroatoms. The lowest BCUT2D eigenvalue weighted by Gasteiger charge is -2.37. The summed E-state index contributed by atoms with van der Waals surface area (Å²) in [5, 5.41) is 2.94. The van der Waals surface area contributed by atoms with Gasteiger partial charge in [-0.2, -0.15) is 4.98 Å². The topological polar surface area (TPSA) is 118 Å². The Morgan fingerprint density at radius 2 is 1.83 bits per heavy atom. The highest BCUT2D eigenvalue weighted by Crippen LogP contribution is 2.30. The van der Waals surface area contributed by atoms with Crippen LogP contribution in [0.5, 0.6) is 0 Å². The Hall–Kier alpha value is -4.73. The molecular weight excluding hydrogens is 522 g/mol. The molecule has 4 aromatic rings. The standard InChI is InChI=1S/C31H33N5O5/c1-19-23(34-30(39)41-31(2,3)4)13-14-24-26(19)28(38)40-29(33-24)36-17-21-11-7-6-10-20(21)16-25(36)27(37)35(5)18-22-12-8-9-15-32-22/h6-15,25H,16-18H2,1-5H3,(H,34,39)/t25-/m0/s1. The number of pyridine rings is 1. The van der Waals surface area contributed by atoms with Gasteiger partial charge in [-0.25, -0.2) is 9.59 Å². The maximum atomic E-state index is 13.8. The number of anilines is 2. The molecule has 0 bridgehead atoms. The fraction of sp³-hybridized carbons (Fsp3) is 0.323. The minimum atomic E-state index is -0.670. The number of nitrogens with zero attached hydrogens (tertiary/aromatic N) is 4. The van der Waals surface area contributed by atoms with Crippen molar-refractivity contribution in [3.05, 3.63) is 93.6 Å². The average Bonchev–Trinajstić information content (AvgIpc) is 2.92. The van der Waals surface area contributed by atoms with Crippen molar-refractivity contribution in [1.82, 2.24) is 14.9 Å². The average molecular weight is 556 g/mol. The van der Waals surface area contributed by atoms with E-state index >= 15 is 0 Å². The molecule has 41 heavy (non-hydrogen) atoms. The van der Waals surface area contributed by atoms with Crippen molar-refractivity contribution in [2.24, 2.45) is 0 Å². The number of ether oxygens (including phenoxy) is 1. The largest absolute Gasteiger partial charge is 0.444 e. The van der Waals surface area contributed by atoms with Crippen molar-refractivity contribution in [2.75, 3.05) is 17.3 Å². The highest BCUT2D eigenvalue weighted by molar-refractivity contribution is 5.93. The monoisotopic (exact) mass is 555 g/mol. The van der Waals surface area contributed by atoms with E-state index < -0.39 is 23.4 Å². The van der Waals surface area contributed by atoms with E-state index in [2.05, 4.69) is 15.3 Å². The molecule has 3 heterocycles. The Kier molecular flexibility index (Phi) is 7.49. The zero-order valence-electron chi connectivity index (χ0n) is 23.8. The van der Waals surface area contributed by atoms with Crippen molar-refractivity contribution in [1.29, 1.82) is 0 Å². The minimum absolute atomic E-state index is 0.0637. The summed E-state index contributed by atoms with van der Waals surface area (Å²) in [6.45, 7) is 7.72. The maximum Gasteiger partial charge on any atom is 0.412 e. The fourth-order valence-corrected chi connectivity index (χ4v) is 4.99. The van der Waals surface area contributed by atoms with Crippen LogP contribution < -0.4 is 15.8 Å². The molecule has 5 rings (SSSR count). The molecule has 10 nitrogen and oxygen atoms in total. The first kappa shape index (κ1) is 27.8. The molecule has 0 saturated heterocycles. The van der Waals surface area contributed by atoms with Crippen molar-refractivity contribution < 1.29 is 18.7 Å². The predicted molar refractivity (Wildman–Crippen MR) is 156 cm³/mol. The SMILES string of the molecule is Cc1c(NC(=O)OC(C)(C)C)ccc2nc(N3Cc4ccccc4C[C@H]3C(=O)N(C)Cc3ccccn3)oc(=O)c12. The lowest BCUT2D eigenvalue weighted by atomic mass is 9.93. The second-order valence-electron chi connectivity index (χ2n) is 11.2. The zero-order chi connectivity index (χ0) is 29.3. The number of likely N-dealkylation sites (N-methyl/N-ethyl adjacent to an activating group) is 1. The van der Waals surface area contributed by atoms with Crippen molar-refractivity contribution in [3.8, 4) is 0 Å². The fourth-order valence-electron chi connectivity index (χ4n) is 4.99. The zero-order valence-corrected chi connectivity index (χ0v) is 23.8. The number of rotatable bonds is 5. The molecule has 0 radical (unpaired) electrons. The Morgan fingerprint density at radius 1 is 1.10 bits per heavy atom. The third kappa shape index (κ3) is 6.06. The van der Waals surface area contributed by atoms with E-state index in [0.717, 1.165) is 16.8 Å². The van der Waals surface area contributed by atoms with Gasteiger partial charge in [0.1, 0.15) is 11.6 Å². The first-order chi connectivity index (χ1) is 19.5.